The predicted octanol–water partition coefficient (Wildman–Crippen LogP) is 4.84. The summed E-state index contributed by atoms with van der Waals surface area (Å²) in [6.45, 7) is 2.87. The Labute approximate surface area is 143 Å². The molecule has 0 aliphatic carbocycles. The van der Waals surface area contributed by atoms with Crippen LogP contribution in [0.25, 0.3) is 0 Å². The molecule has 1 amide bonds. The molecule has 1 aromatic heterocycles. The second-order valence-electron chi connectivity index (χ2n) is 4.69. The van der Waals surface area contributed by atoms with E-state index in [9.17, 15) is 10.1 Å². The number of halogens is 1. The van der Waals surface area contributed by atoms with Crippen molar-refractivity contribution in [2.45, 2.75) is 19.9 Å². The first-order valence-corrected chi connectivity index (χ1v) is 8.28. The largest absolute Gasteiger partial charge is 0.449 e. The molecule has 0 bridgehead atoms. The molecule has 0 unspecified atom stereocenters. The Morgan fingerprint density at radius 3 is 2.87 bits per heavy atom. The first-order valence-electron chi connectivity index (χ1n) is 7.08. The third kappa shape index (κ3) is 5.16. The Bertz CT molecular complexity index is 724. The van der Waals surface area contributed by atoms with Gasteiger partial charge in [-0.3, -0.25) is 5.32 Å². The van der Waals surface area contributed by atoms with Crippen LogP contribution in [0, 0.1) is 11.3 Å². The predicted molar refractivity (Wildman–Crippen MR) is 93.1 cm³/mol. The summed E-state index contributed by atoms with van der Waals surface area (Å²) in [5, 5.41) is 15.0. The minimum atomic E-state index is -0.558. The molecule has 5 nitrogen and oxygen atoms in total. The molecule has 0 aliphatic rings. The summed E-state index contributed by atoms with van der Waals surface area (Å²) in [7, 11) is 0. The third-order valence-electron chi connectivity index (χ3n) is 2.91. The Morgan fingerprint density at radius 2 is 2.22 bits per heavy atom. The zero-order valence-electron chi connectivity index (χ0n) is 12.6. The molecule has 7 heteroatoms. The van der Waals surface area contributed by atoms with E-state index >= 15 is 0 Å². The molecule has 2 N–H and O–H groups in total. The maximum absolute atomic E-state index is 11.6. The second kappa shape index (κ2) is 8.42. The highest BCUT2D eigenvalue weighted by Crippen LogP contribution is 2.24. The highest BCUT2D eigenvalue weighted by Gasteiger charge is 2.08. The standard InChI is InChI=1S/C16H16ClN3O2S/c1-2-7-22-16(21)20-14-5-3-12(8-11(14)9-18)19-10-13-4-6-15(17)23-13/h3-6,8,19H,2,7,10H2,1H3,(H,20,21). The number of benzene rings is 1. The molecule has 120 valence electrons. The summed E-state index contributed by atoms with van der Waals surface area (Å²) in [5.74, 6) is 0. The quantitative estimate of drug-likeness (QED) is 0.782. The average Bonchev–Trinajstić information content (AvgIpc) is 2.97. The fourth-order valence-corrected chi connectivity index (χ4v) is 2.86. The number of carbonyl (C=O) groups excluding carboxylic acids is 1. The summed E-state index contributed by atoms with van der Waals surface area (Å²) >= 11 is 7.39. The van der Waals surface area contributed by atoms with Gasteiger partial charge in [-0.1, -0.05) is 18.5 Å². The molecule has 2 aromatic rings. The summed E-state index contributed by atoms with van der Waals surface area (Å²) < 4.78 is 5.69. The normalized spacial score (nSPS) is 9.96. The number of carbonyl (C=O) groups is 1. The van der Waals surface area contributed by atoms with E-state index in [4.69, 9.17) is 16.3 Å². The van der Waals surface area contributed by atoms with Crippen LogP contribution in [-0.2, 0) is 11.3 Å². The Morgan fingerprint density at radius 1 is 1.39 bits per heavy atom. The maximum atomic E-state index is 11.6. The zero-order valence-corrected chi connectivity index (χ0v) is 14.1. The van der Waals surface area contributed by atoms with Gasteiger partial charge in [0, 0.05) is 17.1 Å². The number of ether oxygens (including phenoxy) is 1. The van der Waals surface area contributed by atoms with E-state index in [1.165, 1.54) is 11.3 Å². The van der Waals surface area contributed by atoms with E-state index in [1.807, 2.05) is 19.1 Å². The van der Waals surface area contributed by atoms with Crippen LogP contribution in [0.3, 0.4) is 0 Å². The van der Waals surface area contributed by atoms with Crippen molar-refractivity contribution in [1.82, 2.24) is 0 Å². The van der Waals surface area contributed by atoms with E-state index in [1.54, 1.807) is 18.2 Å². The average molecular weight is 350 g/mol. The number of anilines is 2. The molecule has 0 saturated heterocycles. The lowest BCUT2D eigenvalue weighted by molar-refractivity contribution is 0.161. The minimum Gasteiger partial charge on any atom is -0.449 e. The highest BCUT2D eigenvalue weighted by molar-refractivity contribution is 7.16. The first kappa shape index (κ1) is 17.1. The Kier molecular flexibility index (Phi) is 6.27. The molecule has 0 aliphatic heterocycles. The fourth-order valence-electron chi connectivity index (χ4n) is 1.83. The maximum Gasteiger partial charge on any atom is 0.411 e. The van der Waals surface area contributed by atoms with Crippen LogP contribution in [0.4, 0.5) is 16.2 Å². The van der Waals surface area contributed by atoms with Crippen LogP contribution in [0.5, 0.6) is 0 Å². The number of rotatable bonds is 6. The number of thiophene rings is 1. The van der Waals surface area contributed by atoms with E-state index < -0.39 is 6.09 Å². The molecular weight excluding hydrogens is 334 g/mol. The molecule has 0 saturated carbocycles. The molecule has 0 spiro atoms. The molecule has 1 heterocycles. The van der Waals surface area contributed by atoms with Crippen molar-refractivity contribution in [1.29, 1.82) is 5.26 Å². The van der Waals surface area contributed by atoms with Gasteiger partial charge in [-0.15, -0.1) is 11.3 Å². The molecule has 0 radical (unpaired) electrons. The smallest absolute Gasteiger partial charge is 0.411 e. The van der Waals surface area contributed by atoms with Crippen LogP contribution in [0.2, 0.25) is 4.34 Å². The van der Waals surface area contributed by atoms with Gasteiger partial charge in [0.25, 0.3) is 0 Å². The Balaban J connectivity index is 2.01. The minimum absolute atomic E-state index is 0.344. The van der Waals surface area contributed by atoms with Crippen LogP contribution < -0.4 is 10.6 Å². The van der Waals surface area contributed by atoms with Gasteiger partial charge in [0.05, 0.1) is 22.2 Å². The van der Waals surface area contributed by atoms with Gasteiger partial charge in [-0.2, -0.15) is 5.26 Å². The molecule has 0 fully saturated rings. The summed E-state index contributed by atoms with van der Waals surface area (Å²) in [6, 6.07) is 11.0. The van der Waals surface area contributed by atoms with Crippen LogP contribution in [-0.4, -0.2) is 12.7 Å². The molecule has 2 rings (SSSR count). The van der Waals surface area contributed by atoms with Gasteiger partial charge in [-0.05, 0) is 36.8 Å². The van der Waals surface area contributed by atoms with E-state index in [0.29, 0.717) is 24.4 Å². The zero-order chi connectivity index (χ0) is 16.7. The molecule has 0 atom stereocenters. The van der Waals surface area contributed by atoms with Crippen molar-refractivity contribution < 1.29 is 9.53 Å². The number of hydrogen-bond acceptors (Lipinski definition) is 5. The lowest BCUT2D eigenvalue weighted by atomic mass is 10.1. The topological polar surface area (TPSA) is 74.2 Å². The van der Waals surface area contributed by atoms with Gasteiger partial charge < -0.3 is 10.1 Å². The van der Waals surface area contributed by atoms with Crippen LogP contribution >= 0.6 is 22.9 Å². The summed E-state index contributed by atoms with van der Waals surface area (Å²) in [6.07, 6.45) is 0.186. The van der Waals surface area contributed by atoms with E-state index in [2.05, 4.69) is 16.7 Å². The SMILES string of the molecule is CCCOC(=O)Nc1ccc(NCc2ccc(Cl)s2)cc1C#N. The van der Waals surface area contributed by atoms with Crippen molar-refractivity contribution in [2.75, 3.05) is 17.2 Å². The fraction of sp³-hybridized carbons (Fsp3) is 0.250. The summed E-state index contributed by atoms with van der Waals surface area (Å²) in [5.41, 5.74) is 1.59. The van der Waals surface area contributed by atoms with Gasteiger partial charge in [-0.25, -0.2) is 4.79 Å². The molecular formula is C16H16ClN3O2S. The molecule has 1 aromatic carbocycles. The van der Waals surface area contributed by atoms with Crippen molar-refractivity contribution in [2.24, 2.45) is 0 Å². The van der Waals surface area contributed by atoms with E-state index in [-0.39, 0.29) is 0 Å². The van der Waals surface area contributed by atoms with Crippen molar-refractivity contribution >= 4 is 40.4 Å². The van der Waals surface area contributed by atoms with Crippen LogP contribution in [0.15, 0.2) is 30.3 Å². The van der Waals surface area contributed by atoms with Crippen molar-refractivity contribution in [3.05, 3.63) is 45.1 Å². The van der Waals surface area contributed by atoms with E-state index in [0.717, 1.165) is 21.3 Å². The number of nitrogens with zero attached hydrogens (tertiary/aromatic N) is 1. The highest BCUT2D eigenvalue weighted by atomic mass is 35.5. The van der Waals surface area contributed by atoms with Crippen molar-refractivity contribution in [3.63, 3.8) is 0 Å². The van der Waals surface area contributed by atoms with Gasteiger partial charge >= 0.3 is 6.09 Å². The first-order chi connectivity index (χ1) is 11.1. The number of nitriles is 1. The lowest BCUT2D eigenvalue weighted by Crippen LogP contribution is -2.15. The number of hydrogen-bond donors (Lipinski definition) is 2. The third-order valence-corrected chi connectivity index (χ3v) is 4.14. The number of nitrogens with one attached hydrogen (secondary N) is 2. The monoisotopic (exact) mass is 349 g/mol. The van der Waals surface area contributed by atoms with Crippen LogP contribution in [0.1, 0.15) is 23.8 Å². The van der Waals surface area contributed by atoms with Crippen molar-refractivity contribution in [3.8, 4) is 6.07 Å². The summed E-state index contributed by atoms with van der Waals surface area (Å²) in [4.78, 5) is 12.7. The molecule has 23 heavy (non-hydrogen) atoms. The van der Waals surface area contributed by atoms with Gasteiger partial charge in [0.2, 0.25) is 0 Å². The second-order valence-corrected chi connectivity index (χ2v) is 6.49. The number of amides is 1. The van der Waals surface area contributed by atoms with Gasteiger partial charge in [0.15, 0.2) is 0 Å². The van der Waals surface area contributed by atoms with Gasteiger partial charge in [0.1, 0.15) is 6.07 Å². The lowest BCUT2D eigenvalue weighted by Gasteiger charge is -2.10. The Hall–Kier alpha value is -2.23.